The summed E-state index contributed by atoms with van der Waals surface area (Å²) < 4.78 is 10.1. The normalized spacial score (nSPS) is 23.5. The van der Waals surface area contributed by atoms with E-state index in [1.54, 1.807) is 16.7 Å². The number of halogens is 1. The Labute approximate surface area is 135 Å². The fourth-order valence-corrected chi connectivity index (χ4v) is 3.97. The van der Waals surface area contributed by atoms with Crippen molar-refractivity contribution in [2.24, 2.45) is 0 Å². The average Bonchev–Trinajstić information content (AvgIpc) is 2.84. The summed E-state index contributed by atoms with van der Waals surface area (Å²) in [4.78, 5) is 25.0. The number of carbonyl (C=O) groups is 2. The molecule has 1 atom stereocenters. The zero-order valence-electron chi connectivity index (χ0n) is 12.4. The second-order valence-electron chi connectivity index (χ2n) is 4.94. The number of nitrogens with zero attached hydrogens (tertiary/aromatic N) is 1. The molecule has 0 aromatic carbocycles. The van der Waals surface area contributed by atoms with Gasteiger partial charge in [0.2, 0.25) is 0 Å². The molecule has 21 heavy (non-hydrogen) atoms. The van der Waals surface area contributed by atoms with Crippen molar-refractivity contribution in [1.29, 1.82) is 0 Å². The Bertz CT molecular complexity index is 375. The van der Waals surface area contributed by atoms with E-state index in [0.717, 1.165) is 18.6 Å². The van der Waals surface area contributed by atoms with E-state index in [-0.39, 0.29) is 35.4 Å². The second kappa shape index (κ2) is 8.10. The highest BCUT2D eigenvalue weighted by Gasteiger charge is 2.45. The summed E-state index contributed by atoms with van der Waals surface area (Å²) in [6, 6.07) is -0.228. The molecule has 0 bridgehead atoms. The standard InChI is InChI=1S/C13H22N2O4S.ClH/c1-3-18-11(16)10-9-20-13(14-10)5-7-15(8-6-13)12(17)19-4-2;/h10,14H,3-9H2,1-2H3;1H. The van der Waals surface area contributed by atoms with Gasteiger partial charge in [-0.2, -0.15) is 0 Å². The lowest BCUT2D eigenvalue weighted by molar-refractivity contribution is -0.145. The zero-order chi connectivity index (χ0) is 14.6. The molecule has 0 radical (unpaired) electrons. The summed E-state index contributed by atoms with van der Waals surface area (Å²) in [7, 11) is 0. The van der Waals surface area contributed by atoms with Crippen molar-refractivity contribution in [2.75, 3.05) is 32.1 Å². The second-order valence-corrected chi connectivity index (χ2v) is 6.34. The molecule has 8 heteroatoms. The molecule has 1 amide bonds. The summed E-state index contributed by atoms with van der Waals surface area (Å²) in [5.41, 5.74) is 0. The molecule has 1 spiro atoms. The number of nitrogens with one attached hydrogen (secondary N) is 1. The summed E-state index contributed by atoms with van der Waals surface area (Å²) in [6.45, 7) is 5.75. The lowest BCUT2D eigenvalue weighted by Gasteiger charge is -2.38. The Kier molecular flexibility index (Phi) is 7.09. The molecular formula is C13H23ClN2O4S. The van der Waals surface area contributed by atoms with Gasteiger partial charge in [0.25, 0.3) is 0 Å². The number of piperidine rings is 1. The van der Waals surface area contributed by atoms with E-state index in [0.29, 0.717) is 26.3 Å². The van der Waals surface area contributed by atoms with Crippen LogP contribution in [0.5, 0.6) is 0 Å². The number of hydrogen-bond acceptors (Lipinski definition) is 6. The Morgan fingerprint density at radius 3 is 2.43 bits per heavy atom. The van der Waals surface area contributed by atoms with Crippen molar-refractivity contribution in [1.82, 2.24) is 10.2 Å². The van der Waals surface area contributed by atoms with Gasteiger partial charge >= 0.3 is 12.1 Å². The molecular weight excluding hydrogens is 316 g/mol. The van der Waals surface area contributed by atoms with Crippen molar-refractivity contribution in [3.63, 3.8) is 0 Å². The van der Waals surface area contributed by atoms with Crippen LogP contribution in [0, 0.1) is 0 Å². The number of rotatable bonds is 3. The summed E-state index contributed by atoms with van der Waals surface area (Å²) in [6.07, 6.45) is 1.41. The third-order valence-corrected chi connectivity index (χ3v) is 5.21. The van der Waals surface area contributed by atoms with E-state index in [1.807, 2.05) is 13.8 Å². The first-order valence-corrected chi connectivity index (χ1v) is 8.09. The van der Waals surface area contributed by atoms with Gasteiger partial charge in [-0.3, -0.25) is 10.1 Å². The maximum Gasteiger partial charge on any atom is 0.409 e. The van der Waals surface area contributed by atoms with Gasteiger partial charge in [-0.05, 0) is 26.7 Å². The number of carbonyl (C=O) groups excluding carboxylic acids is 2. The Hall–Kier alpha value is -0.660. The van der Waals surface area contributed by atoms with Crippen LogP contribution in [-0.4, -0.2) is 59.9 Å². The van der Waals surface area contributed by atoms with Gasteiger partial charge in [0.05, 0.1) is 18.1 Å². The topological polar surface area (TPSA) is 67.9 Å². The molecule has 0 saturated carbocycles. The van der Waals surface area contributed by atoms with E-state index in [4.69, 9.17) is 9.47 Å². The molecule has 6 nitrogen and oxygen atoms in total. The first kappa shape index (κ1) is 18.4. The van der Waals surface area contributed by atoms with Gasteiger partial charge in [-0.15, -0.1) is 24.2 Å². The van der Waals surface area contributed by atoms with Crippen LogP contribution in [0.4, 0.5) is 4.79 Å². The van der Waals surface area contributed by atoms with Crippen LogP contribution in [0.1, 0.15) is 26.7 Å². The van der Waals surface area contributed by atoms with Gasteiger partial charge in [-0.1, -0.05) is 0 Å². The third-order valence-electron chi connectivity index (χ3n) is 3.63. The largest absolute Gasteiger partial charge is 0.465 e. The van der Waals surface area contributed by atoms with E-state index < -0.39 is 0 Å². The van der Waals surface area contributed by atoms with Crippen LogP contribution in [-0.2, 0) is 14.3 Å². The Balaban J connectivity index is 0.00000220. The van der Waals surface area contributed by atoms with E-state index in [2.05, 4.69) is 5.32 Å². The van der Waals surface area contributed by atoms with Crippen LogP contribution in [0.3, 0.4) is 0 Å². The fourth-order valence-electron chi connectivity index (χ4n) is 2.57. The van der Waals surface area contributed by atoms with Crippen molar-refractivity contribution in [3.05, 3.63) is 0 Å². The van der Waals surface area contributed by atoms with Crippen LogP contribution in [0.25, 0.3) is 0 Å². The summed E-state index contributed by atoms with van der Waals surface area (Å²) in [5.74, 6) is 0.558. The van der Waals surface area contributed by atoms with Crippen LogP contribution >= 0.6 is 24.2 Å². The number of esters is 1. The van der Waals surface area contributed by atoms with Gasteiger partial charge in [0.15, 0.2) is 0 Å². The van der Waals surface area contributed by atoms with E-state index in [9.17, 15) is 9.59 Å². The smallest absolute Gasteiger partial charge is 0.409 e. The molecule has 0 aliphatic carbocycles. The number of amides is 1. The molecule has 0 aromatic rings. The number of likely N-dealkylation sites (tertiary alicyclic amines) is 1. The van der Waals surface area contributed by atoms with Crippen molar-refractivity contribution >= 4 is 36.2 Å². The van der Waals surface area contributed by atoms with Crippen LogP contribution in [0.2, 0.25) is 0 Å². The Morgan fingerprint density at radius 2 is 1.86 bits per heavy atom. The Morgan fingerprint density at radius 1 is 1.24 bits per heavy atom. The quantitative estimate of drug-likeness (QED) is 0.789. The first-order valence-electron chi connectivity index (χ1n) is 7.10. The van der Waals surface area contributed by atoms with Crippen molar-refractivity contribution in [2.45, 2.75) is 37.6 Å². The molecule has 1 unspecified atom stereocenters. The predicted molar refractivity (Wildman–Crippen MR) is 83.8 cm³/mol. The first-order chi connectivity index (χ1) is 9.60. The molecule has 122 valence electrons. The van der Waals surface area contributed by atoms with Gasteiger partial charge < -0.3 is 14.4 Å². The van der Waals surface area contributed by atoms with E-state index >= 15 is 0 Å². The van der Waals surface area contributed by atoms with Gasteiger partial charge in [-0.25, -0.2) is 4.79 Å². The van der Waals surface area contributed by atoms with Crippen molar-refractivity contribution < 1.29 is 19.1 Å². The SMILES string of the molecule is CCOC(=O)C1CSC2(CCN(C(=O)OCC)CC2)N1.Cl. The molecule has 2 aliphatic rings. The monoisotopic (exact) mass is 338 g/mol. The minimum absolute atomic E-state index is 0. The number of thioether (sulfide) groups is 1. The predicted octanol–water partition coefficient (Wildman–Crippen LogP) is 1.62. The summed E-state index contributed by atoms with van der Waals surface area (Å²) >= 11 is 1.76. The molecule has 1 N–H and O–H groups in total. The summed E-state index contributed by atoms with van der Waals surface area (Å²) in [5, 5.41) is 3.39. The average molecular weight is 339 g/mol. The highest BCUT2D eigenvalue weighted by atomic mass is 35.5. The number of ether oxygens (including phenoxy) is 2. The lowest BCUT2D eigenvalue weighted by atomic mass is 10.0. The highest BCUT2D eigenvalue weighted by Crippen LogP contribution is 2.39. The maximum absolute atomic E-state index is 11.7. The van der Waals surface area contributed by atoms with Gasteiger partial charge in [0, 0.05) is 18.8 Å². The minimum Gasteiger partial charge on any atom is -0.465 e. The maximum atomic E-state index is 11.7. The van der Waals surface area contributed by atoms with Crippen LogP contribution < -0.4 is 5.32 Å². The number of hydrogen-bond donors (Lipinski definition) is 1. The molecule has 2 rings (SSSR count). The molecule has 2 heterocycles. The molecule has 2 aliphatic heterocycles. The van der Waals surface area contributed by atoms with E-state index in [1.165, 1.54) is 0 Å². The highest BCUT2D eigenvalue weighted by molar-refractivity contribution is 8.01. The fraction of sp³-hybridized carbons (Fsp3) is 0.846. The van der Waals surface area contributed by atoms with Crippen molar-refractivity contribution in [3.8, 4) is 0 Å². The zero-order valence-corrected chi connectivity index (χ0v) is 14.1. The van der Waals surface area contributed by atoms with Crippen LogP contribution in [0.15, 0.2) is 0 Å². The lowest BCUT2D eigenvalue weighted by Crippen LogP contribution is -2.53. The molecule has 2 fully saturated rings. The minimum atomic E-state index is -0.243. The third kappa shape index (κ3) is 4.40. The molecule has 0 aromatic heterocycles. The molecule has 2 saturated heterocycles. The van der Waals surface area contributed by atoms with Gasteiger partial charge in [0.1, 0.15) is 6.04 Å².